The molecule has 0 spiro atoms. The molecule has 198 valence electrons. The van der Waals surface area contributed by atoms with E-state index in [4.69, 9.17) is 0 Å². The van der Waals surface area contributed by atoms with Gasteiger partial charge in [0.25, 0.3) is 5.56 Å². The molecule has 38 heavy (non-hydrogen) atoms. The average Bonchev–Trinajstić information content (AvgIpc) is 2.90. The summed E-state index contributed by atoms with van der Waals surface area (Å²) in [5.74, 6) is 5.72. The summed E-state index contributed by atoms with van der Waals surface area (Å²) in [5.41, 5.74) is 3.40. The molecule has 0 aliphatic carbocycles. The number of sulfone groups is 1. The van der Waals surface area contributed by atoms with Gasteiger partial charge in [-0.25, -0.2) is 13.4 Å². The third kappa shape index (κ3) is 7.54. The van der Waals surface area contributed by atoms with Crippen LogP contribution in [0.15, 0.2) is 59.7 Å². The number of hydrogen-bond donors (Lipinski definition) is 3. The van der Waals surface area contributed by atoms with E-state index in [1.54, 1.807) is 0 Å². The van der Waals surface area contributed by atoms with Gasteiger partial charge in [0.15, 0.2) is 9.84 Å². The third-order valence-electron chi connectivity index (χ3n) is 6.43. The molecule has 0 saturated carbocycles. The first-order valence-corrected chi connectivity index (χ1v) is 14.1. The van der Waals surface area contributed by atoms with Crippen LogP contribution in [0.25, 0.3) is 0 Å². The van der Waals surface area contributed by atoms with Crippen molar-refractivity contribution in [1.82, 2.24) is 20.2 Å². The Morgan fingerprint density at radius 1 is 1.05 bits per heavy atom. The maximum absolute atomic E-state index is 11.8. The van der Waals surface area contributed by atoms with Gasteiger partial charge in [-0.2, -0.15) is 0 Å². The van der Waals surface area contributed by atoms with E-state index < -0.39 is 21.1 Å². The minimum absolute atomic E-state index is 0.208. The van der Waals surface area contributed by atoms with Crippen LogP contribution in [0.5, 0.6) is 5.75 Å². The van der Waals surface area contributed by atoms with Crippen molar-refractivity contribution in [3.05, 3.63) is 93.2 Å². The Balaban J connectivity index is 1.39. The normalized spacial score (nSPS) is 15.7. The highest BCUT2D eigenvalue weighted by Crippen LogP contribution is 2.23. The number of nitrogens with zero attached hydrogens (tertiary/aromatic N) is 2. The lowest BCUT2D eigenvalue weighted by atomic mass is 9.94. The van der Waals surface area contributed by atoms with Crippen molar-refractivity contribution in [2.45, 2.75) is 25.8 Å². The van der Waals surface area contributed by atoms with Crippen LogP contribution < -0.4 is 10.9 Å². The fraction of sp³-hybridized carbons (Fsp3) is 0.321. The maximum atomic E-state index is 11.8. The zero-order valence-electron chi connectivity index (χ0n) is 21.1. The van der Waals surface area contributed by atoms with E-state index in [0.717, 1.165) is 28.8 Å². The van der Waals surface area contributed by atoms with Crippen LogP contribution >= 0.6 is 0 Å². The zero-order valence-corrected chi connectivity index (χ0v) is 21.9. The van der Waals surface area contributed by atoms with Gasteiger partial charge >= 0.3 is 0 Å². The summed E-state index contributed by atoms with van der Waals surface area (Å²) in [4.78, 5) is 31.9. The van der Waals surface area contributed by atoms with Crippen molar-refractivity contribution >= 4 is 15.7 Å². The first-order chi connectivity index (χ1) is 18.2. The molecule has 1 aliphatic rings. The second-order valence-electron chi connectivity index (χ2n) is 9.38. The standard InChI is InChI=1S/C28H30N4O5S/c1-20(33)29-17-25(26-27(34)28(35)31-19-30-26)16-23-8-4-21(5-9-23)2-3-22-6-10-24(11-7-22)18-32-12-14-38(36,37)15-13-32/h4-11,19,25,34H,12-18H2,1H3,(H,29,33)(H,30,31,35). The summed E-state index contributed by atoms with van der Waals surface area (Å²) in [7, 11) is -2.88. The number of amides is 1. The van der Waals surface area contributed by atoms with Crippen molar-refractivity contribution in [1.29, 1.82) is 0 Å². The lowest BCUT2D eigenvalue weighted by Gasteiger charge is -2.26. The Morgan fingerprint density at radius 2 is 1.63 bits per heavy atom. The fourth-order valence-corrected chi connectivity index (χ4v) is 5.53. The lowest BCUT2D eigenvalue weighted by Crippen LogP contribution is -2.39. The molecule has 1 amide bonds. The quantitative estimate of drug-likeness (QED) is 0.392. The number of benzene rings is 2. The largest absolute Gasteiger partial charge is 0.502 e. The van der Waals surface area contributed by atoms with Crippen LogP contribution in [0.2, 0.25) is 0 Å². The van der Waals surface area contributed by atoms with Gasteiger partial charge in [0, 0.05) is 50.1 Å². The third-order valence-corrected chi connectivity index (χ3v) is 8.03. The van der Waals surface area contributed by atoms with Crippen molar-refractivity contribution < 1.29 is 18.3 Å². The molecule has 1 saturated heterocycles. The minimum Gasteiger partial charge on any atom is -0.502 e. The van der Waals surface area contributed by atoms with Crippen LogP contribution in [-0.4, -0.2) is 65.4 Å². The highest BCUT2D eigenvalue weighted by atomic mass is 32.2. The van der Waals surface area contributed by atoms with Gasteiger partial charge < -0.3 is 15.4 Å². The Hall–Kier alpha value is -3.94. The van der Waals surface area contributed by atoms with E-state index in [1.165, 1.54) is 13.3 Å². The maximum Gasteiger partial charge on any atom is 0.293 e. The van der Waals surface area contributed by atoms with Crippen molar-refractivity contribution in [2.75, 3.05) is 31.1 Å². The summed E-state index contributed by atoms with van der Waals surface area (Å²) in [5, 5.41) is 12.9. The number of carbonyl (C=O) groups excluding carboxylic acids is 1. The molecule has 9 nitrogen and oxygen atoms in total. The Labute approximate surface area is 221 Å². The molecule has 3 N–H and O–H groups in total. The molecule has 1 fully saturated rings. The van der Waals surface area contributed by atoms with Crippen LogP contribution in [-0.2, 0) is 27.6 Å². The summed E-state index contributed by atoms with van der Waals surface area (Å²) in [6, 6.07) is 15.6. The highest BCUT2D eigenvalue weighted by molar-refractivity contribution is 7.91. The molecule has 1 aromatic heterocycles. The number of rotatable bonds is 7. The van der Waals surface area contributed by atoms with Gasteiger partial charge in [-0.3, -0.25) is 14.5 Å². The monoisotopic (exact) mass is 534 g/mol. The number of aromatic amines is 1. The topological polar surface area (TPSA) is 132 Å². The summed E-state index contributed by atoms with van der Waals surface area (Å²) in [6.07, 6.45) is 1.70. The van der Waals surface area contributed by atoms with Gasteiger partial charge in [-0.1, -0.05) is 36.1 Å². The van der Waals surface area contributed by atoms with Gasteiger partial charge in [0.2, 0.25) is 11.7 Å². The van der Waals surface area contributed by atoms with Gasteiger partial charge in [-0.05, 0) is 41.8 Å². The van der Waals surface area contributed by atoms with Crippen LogP contribution in [0.1, 0.15) is 40.8 Å². The van der Waals surface area contributed by atoms with E-state index in [1.807, 2.05) is 48.5 Å². The zero-order chi connectivity index (χ0) is 27.1. The van der Waals surface area contributed by atoms with E-state index in [-0.39, 0.29) is 35.6 Å². The van der Waals surface area contributed by atoms with Crippen molar-refractivity contribution in [2.24, 2.45) is 0 Å². The molecule has 0 bridgehead atoms. The van der Waals surface area contributed by atoms with Gasteiger partial charge in [0.1, 0.15) is 0 Å². The van der Waals surface area contributed by atoms with Crippen LogP contribution in [0.3, 0.4) is 0 Å². The second-order valence-corrected chi connectivity index (χ2v) is 11.7. The van der Waals surface area contributed by atoms with E-state index in [9.17, 15) is 23.1 Å². The summed E-state index contributed by atoms with van der Waals surface area (Å²) >= 11 is 0. The molecule has 1 unspecified atom stereocenters. The molecule has 10 heteroatoms. The van der Waals surface area contributed by atoms with Crippen LogP contribution in [0, 0.1) is 11.8 Å². The molecule has 2 aromatic carbocycles. The molecular formula is C28H30N4O5S. The molecule has 2 heterocycles. The average molecular weight is 535 g/mol. The first-order valence-electron chi connectivity index (χ1n) is 12.3. The predicted molar refractivity (Wildman–Crippen MR) is 144 cm³/mol. The number of aromatic hydroxyl groups is 1. The summed E-state index contributed by atoms with van der Waals surface area (Å²) in [6.45, 7) is 3.49. The van der Waals surface area contributed by atoms with E-state index in [0.29, 0.717) is 19.5 Å². The molecule has 3 aromatic rings. The number of nitrogens with one attached hydrogen (secondary N) is 2. The minimum atomic E-state index is -2.88. The number of aromatic nitrogens is 2. The number of carbonyl (C=O) groups is 1. The van der Waals surface area contributed by atoms with Crippen molar-refractivity contribution in [3.8, 4) is 17.6 Å². The molecule has 1 aliphatic heterocycles. The number of hydrogen-bond acceptors (Lipinski definition) is 7. The predicted octanol–water partition coefficient (Wildman–Crippen LogP) is 1.57. The molecule has 0 radical (unpaired) electrons. The van der Waals surface area contributed by atoms with Gasteiger partial charge in [-0.15, -0.1) is 0 Å². The van der Waals surface area contributed by atoms with Crippen molar-refractivity contribution in [3.63, 3.8) is 0 Å². The smallest absolute Gasteiger partial charge is 0.293 e. The molecule has 1 atom stereocenters. The van der Waals surface area contributed by atoms with Gasteiger partial charge in [0.05, 0.1) is 23.5 Å². The second kappa shape index (κ2) is 12.1. The van der Waals surface area contributed by atoms with E-state index in [2.05, 4.69) is 32.0 Å². The van der Waals surface area contributed by atoms with E-state index >= 15 is 0 Å². The Morgan fingerprint density at radius 3 is 2.21 bits per heavy atom. The first kappa shape index (κ1) is 27.1. The molecule has 4 rings (SSSR count). The lowest BCUT2D eigenvalue weighted by molar-refractivity contribution is -0.119. The number of H-pyrrole nitrogens is 1. The Bertz CT molecular complexity index is 1490. The Kier molecular flexibility index (Phi) is 8.61. The van der Waals surface area contributed by atoms with Crippen LogP contribution in [0.4, 0.5) is 0 Å². The highest BCUT2D eigenvalue weighted by Gasteiger charge is 2.22. The molecular weight excluding hydrogens is 504 g/mol. The fourth-order valence-electron chi connectivity index (χ4n) is 4.25. The summed E-state index contributed by atoms with van der Waals surface area (Å²) < 4.78 is 23.2. The SMILES string of the molecule is CC(=O)NCC(Cc1ccc(C#Cc2ccc(CN3CCS(=O)(=O)CC3)cc2)cc1)c1nc[nH]c(=O)c1O.